The van der Waals surface area contributed by atoms with Crippen molar-refractivity contribution in [2.75, 3.05) is 30.8 Å². The molecule has 1 fully saturated rings. The minimum atomic E-state index is -0.538. The van der Waals surface area contributed by atoms with Crippen LogP contribution in [0, 0.1) is 5.92 Å². The maximum atomic E-state index is 11.8. The van der Waals surface area contributed by atoms with E-state index in [0.717, 1.165) is 25.1 Å². The summed E-state index contributed by atoms with van der Waals surface area (Å²) in [6.07, 6.45) is 1.78. The molecule has 2 rings (SSSR count). The summed E-state index contributed by atoms with van der Waals surface area (Å²) in [5.74, 6) is -0.547. The number of nitrogens with two attached hydrogens (primary N) is 2. The van der Waals surface area contributed by atoms with Gasteiger partial charge < -0.3 is 21.7 Å². The molecule has 1 unspecified atom stereocenters. The van der Waals surface area contributed by atoms with E-state index in [2.05, 4.69) is 5.32 Å². The van der Waals surface area contributed by atoms with E-state index in [4.69, 9.17) is 11.5 Å². The van der Waals surface area contributed by atoms with Gasteiger partial charge in [0.15, 0.2) is 0 Å². The Morgan fingerprint density at radius 1 is 1.40 bits per heavy atom. The molecule has 5 N–H and O–H groups in total. The Kier molecular flexibility index (Phi) is 4.12. The summed E-state index contributed by atoms with van der Waals surface area (Å²) >= 11 is 0. The Morgan fingerprint density at radius 3 is 2.80 bits per heavy atom. The molecule has 0 aliphatic carbocycles. The number of hydrogen-bond donors (Lipinski definition) is 3. The average Bonchev–Trinajstić information content (AvgIpc) is 2.46. The first-order valence-electron chi connectivity index (χ1n) is 6.69. The fraction of sp³-hybridized carbons (Fsp3) is 0.429. The van der Waals surface area contributed by atoms with Crippen molar-refractivity contribution >= 4 is 23.2 Å². The van der Waals surface area contributed by atoms with E-state index in [9.17, 15) is 9.59 Å². The summed E-state index contributed by atoms with van der Waals surface area (Å²) in [4.78, 5) is 25.1. The highest BCUT2D eigenvalue weighted by Crippen LogP contribution is 2.30. The maximum absolute atomic E-state index is 11.8. The predicted molar refractivity (Wildman–Crippen MR) is 78.4 cm³/mol. The Labute approximate surface area is 118 Å². The molecule has 6 nitrogen and oxygen atoms in total. The number of para-hydroxylation sites is 1. The van der Waals surface area contributed by atoms with Crippen LogP contribution in [0.15, 0.2) is 18.2 Å². The molecule has 1 aliphatic rings. The molecule has 20 heavy (non-hydrogen) atoms. The highest BCUT2D eigenvalue weighted by atomic mass is 16.2. The number of rotatable bonds is 3. The van der Waals surface area contributed by atoms with Crippen LogP contribution in [0.2, 0.25) is 0 Å². The van der Waals surface area contributed by atoms with Gasteiger partial charge >= 0.3 is 0 Å². The van der Waals surface area contributed by atoms with Crippen LogP contribution >= 0.6 is 0 Å². The zero-order valence-electron chi connectivity index (χ0n) is 11.6. The van der Waals surface area contributed by atoms with Crippen LogP contribution in [0.5, 0.6) is 0 Å². The average molecular weight is 276 g/mol. The molecule has 1 atom stereocenters. The highest BCUT2D eigenvalue weighted by Gasteiger charge is 2.26. The number of anilines is 2. The first-order valence-corrected chi connectivity index (χ1v) is 6.69. The van der Waals surface area contributed by atoms with Crippen molar-refractivity contribution in [1.29, 1.82) is 0 Å². The van der Waals surface area contributed by atoms with Crippen molar-refractivity contribution in [3.8, 4) is 0 Å². The van der Waals surface area contributed by atoms with Gasteiger partial charge in [-0.2, -0.15) is 0 Å². The second-order valence-electron chi connectivity index (χ2n) is 5.00. The topological polar surface area (TPSA) is 101 Å². The number of carbonyl (C=O) groups is 2. The number of carbonyl (C=O) groups excluding carboxylic acids is 2. The summed E-state index contributed by atoms with van der Waals surface area (Å²) < 4.78 is 0. The molecule has 0 aromatic heterocycles. The number of amides is 2. The minimum absolute atomic E-state index is 0.0410. The Morgan fingerprint density at radius 2 is 2.15 bits per heavy atom. The molecule has 1 saturated heterocycles. The first-order chi connectivity index (χ1) is 9.54. The van der Waals surface area contributed by atoms with E-state index in [1.54, 1.807) is 19.2 Å². The molecular weight excluding hydrogens is 256 g/mol. The van der Waals surface area contributed by atoms with E-state index in [0.29, 0.717) is 17.8 Å². The fourth-order valence-electron chi connectivity index (χ4n) is 2.66. The SMILES string of the molecule is CNC(=O)C1CCCN(c2cccc(C(N)=O)c2N)C1. The van der Waals surface area contributed by atoms with E-state index in [1.165, 1.54) is 0 Å². The summed E-state index contributed by atoms with van der Waals surface area (Å²) in [7, 11) is 1.64. The van der Waals surface area contributed by atoms with Crippen LogP contribution in [0.3, 0.4) is 0 Å². The lowest BCUT2D eigenvalue weighted by Gasteiger charge is -2.34. The van der Waals surface area contributed by atoms with Crippen LogP contribution in [-0.2, 0) is 4.79 Å². The Balaban J connectivity index is 2.25. The Bertz CT molecular complexity index is 530. The van der Waals surface area contributed by atoms with E-state index in [1.807, 2.05) is 11.0 Å². The third-order valence-electron chi connectivity index (χ3n) is 3.73. The number of hydrogen-bond acceptors (Lipinski definition) is 4. The summed E-state index contributed by atoms with van der Waals surface area (Å²) in [5.41, 5.74) is 12.8. The monoisotopic (exact) mass is 276 g/mol. The zero-order chi connectivity index (χ0) is 14.7. The molecular formula is C14H20N4O2. The van der Waals surface area contributed by atoms with Gasteiger partial charge in [-0.05, 0) is 25.0 Å². The summed E-state index contributed by atoms with van der Waals surface area (Å²) in [6, 6.07) is 5.23. The van der Waals surface area contributed by atoms with Crippen LogP contribution in [0.1, 0.15) is 23.2 Å². The standard InChI is InChI=1S/C14H20N4O2/c1-17-14(20)9-4-3-7-18(8-9)11-6-2-5-10(12(11)15)13(16)19/h2,5-6,9H,3-4,7-8,15H2,1H3,(H2,16,19)(H,17,20). The molecule has 0 saturated carbocycles. The van der Waals surface area contributed by atoms with Crippen molar-refractivity contribution in [1.82, 2.24) is 5.32 Å². The number of nitrogen functional groups attached to an aromatic ring is 1. The van der Waals surface area contributed by atoms with E-state index in [-0.39, 0.29) is 11.8 Å². The van der Waals surface area contributed by atoms with Crippen molar-refractivity contribution in [2.24, 2.45) is 11.7 Å². The number of benzene rings is 1. The van der Waals surface area contributed by atoms with Crippen LogP contribution in [0.25, 0.3) is 0 Å². The summed E-state index contributed by atoms with van der Waals surface area (Å²) in [5, 5.41) is 2.68. The molecule has 1 aromatic carbocycles. The molecule has 0 bridgehead atoms. The van der Waals surface area contributed by atoms with Gasteiger partial charge in [0.2, 0.25) is 5.91 Å². The number of piperidine rings is 1. The largest absolute Gasteiger partial charge is 0.396 e. The first kappa shape index (κ1) is 14.2. The molecule has 108 valence electrons. The van der Waals surface area contributed by atoms with Gasteiger partial charge in [-0.3, -0.25) is 9.59 Å². The van der Waals surface area contributed by atoms with Gasteiger partial charge in [-0.25, -0.2) is 0 Å². The van der Waals surface area contributed by atoms with Crippen LogP contribution < -0.4 is 21.7 Å². The van der Waals surface area contributed by atoms with Crippen molar-refractivity contribution < 1.29 is 9.59 Å². The highest BCUT2D eigenvalue weighted by molar-refractivity contribution is 6.01. The normalized spacial score (nSPS) is 18.6. The molecule has 1 aromatic rings. The zero-order valence-corrected chi connectivity index (χ0v) is 11.6. The lowest BCUT2D eigenvalue weighted by molar-refractivity contribution is -0.124. The van der Waals surface area contributed by atoms with Gasteiger partial charge in [0, 0.05) is 20.1 Å². The van der Waals surface area contributed by atoms with Crippen LogP contribution in [0.4, 0.5) is 11.4 Å². The number of nitrogens with zero attached hydrogens (tertiary/aromatic N) is 1. The molecule has 6 heteroatoms. The van der Waals surface area contributed by atoms with Gasteiger partial charge in [0.1, 0.15) is 0 Å². The second-order valence-corrected chi connectivity index (χ2v) is 5.00. The van der Waals surface area contributed by atoms with Gasteiger partial charge in [-0.15, -0.1) is 0 Å². The van der Waals surface area contributed by atoms with Gasteiger partial charge in [0.05, 0.1) is 22.9 Å². The van der Waals surface area contributed by atoms with Gasteiger partial charge in [-0.1, -0.05) is 6.07 Å². The molecule has 1 aliphatic heterocycles. The summed E-state index contributed by atoms with van der Waals surface area (Å²) in [6.45, 7) is 1.42. The molecule has 1 heterocycles. The quantitative estimate of drug-likeness (QED) is 0.692. The fourth-order valence-corrected chi connectivity index (χ4v) is 2.66. The maximum Gasteiger partial charge on any atom is 0.250 e. The van der Waals surface area contributed by atoms with Gasteiger partial charge in [0.25, 0.3) is 5.91 Å². The van der Waals surface area contributed by atoms with Crippen LogP contribution in [-0.4, -0.2) is 32.0 Å². The van der Waals surface area contributed by atoms with Crippen molar-refractivity contribution in [3.63, 3.8) is 0 Å². The smallest absolute Gasteiger partial charge is 0.250 e. The second kappa shape index (κ2) is 5.81. The lowest BCUT2D eigenvalue weighted by Crippen LogP contribution is -2.42. The van der Waals surface area contributed by atoms with E-state index < -0.39 is 5.91 Å². The molecule has 0 spiro atoms. The lowest BCUT2D eigenvalue weighted by atomic mass is 9.96. The van der Waals surface area contributed by atoms with Crippen molar-refractivity contribution in [2.45, 2.75) is 12.8 Å². The molecule has 0 radical (unpaired) electrons. The number of nitrogens with one attached hydrogen (secondary N) is 1. The third-order valence-corrected chi connectivity index (χ3v) is 3.73. The van der Waals surface area contributed by atoms with E-state index >= 15 is 0 Å². The molecule has 2 amide bonds. The predicted octanol–water partition coefficient (Wildman–Crippen LogP) is 0.330. The minimum Gasteiger partial charge on any atom is -0.396 e. The Hall–Kier alpha value is -2.24. The number of primary amides is 1. The van der Waals surface area contributed by atoms with Crippen molar-refractivity contribution in [3.05, 3.63) is 23.8 Å². The third kappa shape index (κ3) is 2.68.